The van der Waals surface area contributed by atoms with Crippen LogP contribution < -0.4 is 4.74 Å². The Morgan fingerprint density at radius 3 is 2.32 bits per heavy atom. The molecule has 2 aromatic rings. The Morgan fingerprint density at radius 2 is 1.74 bits per heavy atom. The number of piperazine rings is 1. The van der Waals surface area contributed by atoms with Gasteiger partial charge in [-0.05, 0) is 54.8 Å². The second kappa shape index (κ2) is 12.2. The van der Waals surface area contributed by atoms with Gasteiger partial charge in [-0.3, -0.25) is 9.80 Å². The van der Waals surface area contributed by atoms with E-state index in [1.54, 1.807) is 0 Å². The van der Waals surface area contributed by atoms with Crippen molar-refractivity contribution >= 4 is 0 Å². The molecule has 0 bridgehead atoms. The maximum atomic E-state index is 12.7. The Hall–Kier alpha value is -2.56. The Balaban J connectivity index is 1.51. The van der Waals surface area contributed by atoms with Crippen LogP contribution in [0.15, 0.2) is 42.5 Å². The van der Waals surface area contributed by atoms with E-state index in [-0.39, 0.29) is 0 Å². The maximum Gasteiger partial charge on any atom is 0.416 e. The van der Waals surface area contributed by atoms with Crippen LogP contribution in [0.5, 0.6) is 5.75 Å². The van der Waals surface area contributed by atoms with Gasteiger partial charge in [0, 0.05) is 38.8 Å². The third-order valence-corrected chi connectivity index (χ3v) is 6.54. The van der Waals surface area contributed by atoms with Crippen molar-refractivity contribution in [3.8, 4) is 11.8 Å². The highest BCUT2D eigenvalue weighted by molar-refractivity contribution is 5.40. The van der Waals surface area contributed by atoms with Crippen molar-refractivity contribution in [2.75, 3.05) is 39.3 Å². The first-order valence-electron chi connectivity index (χ1n) is 12.1. The Kier molecular flexibility index (Phi) is 9.37. The number of benzene rings is 2. The van der Waals surface area contributed by atoms with Crippen LogP contribution in [0.25, 0.3) is 0 Å². The van der Waals surface area contributed by atoms with Crippen molar-refractivity contribution < 1.29 is 17.9 Å². The van der Waals surface area contributed by atoms with Gasteiger partial charge in [-0.1, -0.05) is 38.3 Å². The summed E-state index contributed by atoms with van der Waals surface area (Å²) < 4.78 is 43.7. The van der Waals surface area contributed by atoms with Crippen LogP contribution in [0.1, 0.15) is 60.9 Å². The van der Waals surface area contributed by atoms with Gasteiger partial charge < -0.3 is 4.74 Å². The van der Waals surface area contributed by atoms with Crippen LogP contribution in [-0.2, 0) is 6.18 Å². The van der Waals surface area contributed by atoms with E-state index in [0.717, 1.165) is 62.4 Å². The number of alkyl halides is 3. The van der Waals surface area contributed by atoms with Gasteiger partial charge in [-0.15, -0.1) is 0 Å². The smallest absolute Gasteiger partial charge is 0.416 e. The van der Waals surface area contributed by atoms with E-state index >= 15 is 0 Å². The van der Waals surface area contributed by atoms with Crippen LogP contribution in [0, 0.1) is 18.3 Å². The van der Waals surface area contributed by atoms with Crippen LogP contribution in [0.2, 0.25) is 0 Å². The highest BCUT2D eigenvalue weighted by Crippen LogP contribution is 2.31. The Bertz CT molecular complexity index is 945. The van der Waals surface area contributed by atoms with E-state index in [9.17, 15) is 18.4 Å². The molecule has 34 heavy (non-hydrogen) atoms. The molecular weight excluding hydrogens is 439 g/mol. The zero-order valence-electron chi connectivity index (χ0n) is 20.1. The van der Waals surface area contributed by atoms with Crippen LogP contribution in [0.4, 0.5) is 13.2 Å². The van der Waals surface area contributed by atoms with E-state index in [1.165, 1.54) is 37.0 Å². The second-order valence-corrected chi connectivity index (χ2v) is 8.95. The first-order valence-corrected chi connectivity index (χ1v) is 12.1. The number of hydrogen-bond acceptors (Lipinski definition) is 4. The highest BCUT2D eigenvalue weighted by Gasteiger charge is 2.30. The Labute approximate surface area is 200 Å². The highest BCUT2D eigenvalue weighted by atomic mass is 19.4. The molecule has 0 aromatic heterocycles. The van der Waals surface area contributed by atoms with Gasteiger partial charge in [0.25, 0.3) is 0 Å². The van der Waals surface area contributed by atoms with Crippen molar-refractivity contribution in [2.24, 2.45) is 0 Å². The van der Waals surface area contributed by atoms with Crippen LogP contribution in [-0.4, -0.2) is 49.1 Å². The summed E-state index contributed by atoms with van der Waals surface area (Å²) in [5.41, 5.74) is 2.38. The first-order chi connectivity index (χ1) is 16.3. The summed E-state index contributed by atoms with van der Waals surface area (Å²) in [4.78, 5) is 4.89. The van der Waals surface area contributed by atoms with E-state index in [1.807, 2.05) is 13.0 Å². The lowest BCUT2D eigenvalue weighted by atomic mass is 9.95. The zero-order valence-corrected chi connectivity index (χ0v) is 20.1. The van der Waals surface area contributed by atoms with Gasteiger partial charge in [0.1, 0.15) is 12.4 Å². The maximum absolute atomic E-state index is 12.7. The largest absolute Gasteiger partial charge is 0.492 e. The molecule has 1 unspecified atom stereocenters. The van der Waals surface area contributed by atoms with Gasteiger partial charge in [0.15, 0.2) is 0 Å². The number of unbranched alkanes of at least 4 members (excludes halogenated alkanes) is 2. The lowest BCUT2D eigenvalue weighted by molar-refractivity contribution is -0.137. The number of hydrogen-bond donors (Lipinski definition) is 0. The van der Waals surface area contributed by atoms with Gasteiger partial charge in [0.05, 0.1) is 17.2 Å². The van der Waals surface area contributed by atoms with Gasteiger partial charge >= 0.3 is 6.18 Å². The summed E-state index contributed by atoms with van der Waals surface area (Å²) >= 11 is 0. The van der Waals surface area contributed by atoms with Gasteiger partial charge in [-0.2, -0.15) is 18.4 Å². The summed E-state index contributed by atoms with van der Waals surface area (Å²) in [6.07, 6.45) is 0.361. The van der Waals surface area contributed by atoms with Gasteiger partial charge in [-0.25, -0.2) is 0 Å². The normalized spacial score (nSPS) is 16.2. The molecule has 0 spiro atoms. The van der Waals surface area contributed by atoms with E-state index < -0.39 is 11.7 Å². The van der Waals surface area contributed by atoms with E-state index in [0.29, 0.717) is 18.4 Å². The number of rotatable bonds is 10. The minimum absolute atomic E-state index is 0.351. The number of nitrogens with zero attached hydrogens (tertiary/aromatic N) is 3. The fourth-order valence-electron chi connectivity index (χ4n) is 4.50. The molecular formula is C27H34F3N3O. The molecule has 7 heteroatoms. The van der Waals surface area contributed by atoms with Crippen LogP contribution >= 0.6 is 0 Å². The fraction of sp³-hybridized carbons (Fsp3) is 0.519. The molecule has 4 nitrogen and oxygen atoms in total. The molecule has 1 fully saturated rings. The molecule has 1 atom stereocenters. The average Bonchev–Trinajstić information content (AvgIpc) is 2.82. The summed E-state index contributed by atoms with van der Waals surface area (Å²) in [6.45, 7) is 9.16. The predicted octanol–water partition coefficient (Wildman–Crippen LogP) is 6.20. The molecule has 0 N–H and O–H groups in total. The lowest BCUT2D eigenvalue weighted by Gasteiger charge is -2.39. The molecule has 0 saturated carbocycles. The van der Waals surface area contributed by atoms with Crippen molar-refractivity contribution in [1.82, 2.24) is 9.80 Å². The van der Waals surface area contributed by atoms with Crippen molar-refractivity contribution in [2.45, 2.75) is 51.7 Å². The number of halogens is 3. The number of ether oxygens (including phenoxy) is 1. The Morgan fingerprint density at radius 1 is 1.03 bits per heavy atom. The number of nitriles is 1. The predicted molar refractivity (Wildman–Crippen MR) is 128 cm³/mol. The van der Waals surface area contributed by atoms with E-state index in [2.05, 4.69) is 34.9 Å². The SMILES string of the molecule is CCCCCC(c1ccc(C#N)c(C)c1)N1CCN(CCOc2ccc(C(F)(F)F)cc2)CC1. The quantitative estimate of drug-likeness (QED) is 0.385. The van der Waals surface area contributed by atoms with Gasteiger partial charge in [0.2, 0.25) is 0 Å². The average molecular weight is 474 g/mol. The van der Waals surface area contributed by atoms with Crippen molar-refractivity contribution in [3.05, 3.63) is 64.7 Å². The minimum Gasteiger partial charge on any atom is -0.492 e. The molecule has 0 radical (unpaired) electrons. The number of aryl methyl sites for hydroxylation is 1. The molecule has 0 amide bonds. The van der Waals surface area contributed by atoms with E-state index in [4.69, 9.17) is 4.74 Å². The summed E-state index contributed by atoms with van der Waals surface area (Å²) in [6, 6.07) is 13.7. The third-order valence-electron chi connectivity index (χ3n) is 6.54. The molecule has 1 aliphatic heterocycles. The summed E-state index contributed by atoms with van der Waals surface area (Å²) in [7, 11) is 0. The summed E-state index contributed by atoms with van der Waals surface area (Å²) in [5, 5.41) is 9.27. The monoisotopic (exact) mass is 473 g/mol. The van der Waals surface area contributed by atoms with Crippen molar-refractivity contribution in [1.29, 1.82) is 5.26 Å². The zero-order chi connectivity index (χ0) is 24.6. The molecule has 1 aliphatic rings. The topological polar surface area (TPSA) is 39.5 Å². The second-order valence-electron chi connectivity index (χ2n) is 8.95. The van der Waals surface area contributed by atoms with Crippen LogP contribution in [0.3, 0.4) is 0 Å². The molecule has 1 heterocycles. The van der Waals surface area contributed by atoms with Crippen molar-refractivity contribution in [3.63, 3.8) is 0 Å². The standard InChI is InChI=1S/C27H34F3N3O/c1-3-4-5-6-26(22-7-8-23(20-31)21(2)19-22)33-15-13-32(14-16-33)17-18-34-25-11-9-24(10-12-25)27(28,29)30/h7-12,19,26H,3-6,13-18H2,1-2H3. The third kappa shape index (κ3) is 7.22. The molecule has 0 aliphatic carbocycles. The molecule has 184 valence electrons. The fourth-order valence-corrected chi connectivity index (χ4v) is 4.50. The minimum atomic E-state index is -4.33. The molecule has 2 aromatic carbocycles. The first kappa shape index (κ1) is 26.1. The summed E-state index contributed by atoms with van der Waals surface area (Å²) in [5.74, 6) is 0.457. The lowest BCUT2D eigenvalue weighted by Crippen LogP contribution is -2.48. The molecule has 3 rings (SSSR count). The molecule has 1 saturated heterocycles.